The van der Waals surface area contributed by atoms with Crippen molar-refractivity contribution in [1.29, 1.82) is 5.26 Å². The molecule has 1 atom stereocenters. The Morgan fingerprint density at radius 1 is 1.11 bits per heavy atom. The molecule has 5 rings (SSSR count). The number of nitrogens with zero attached hydrogens (tertiary/aromatic N) is 4. The van der Waals surface area contributed by atoms with Crippen LogP contribution >= 0.6 is 11.6 Å². The smallest absolute Gasteiger partial charge is 0.238 e. The van der Waals surface area contributed by atoms with Crippen LogP contribution in [0.15, 0.2) is 71.7 Å². The van der Waals surface area contributed by atoms with Gasteiger partial charge in [0.05, 0.1) is 29.2 Å². The van der Waals surface area contributed by atoms with Crippen LogP contribution in [0.3, 0.4) is 0 Å². The fraction of sp³-hybridized carbons (Fsp3) is 0.241. The van der Waals surface area contributed by atoms with Crippen molar-refractivity contribution < 1.29 is 9.59 Å². The molecule has 1 unspecified atom stereocenters. The number of piperazine rings is 1. The van der Waals surface area contributed by atoms with Gasteiger partial charge in [0.25, 0.3) is 0 Å². The van der Waals surface area contributed by atoms with Crippen molar-refractivity contribution in [3.8, 4) is 6.07 Å². The third-order valence-electron chi connectivity index (χ3n) is 6.80. The molecule has 192 valence electrons. The van der Waals surface area contributed by atoms with Gasteiger partial charge in [0, 0.05) is 36.9 Å². The molecule has 2 N–H and O–H groups in total. The molecule has 0 radical (unpaired) electrons. The van der Waals surface area contributed by atoms with Crippen molar-refractivity contribution in [2.24, 2.45) is 4.99 Å². The Morgan fingerprint density at radius 2 is 1.87 bits per heavy atom. The van der Waals surface area contributed by atoms with Crippen LogP contribution in [0, 0.1) is 11.3 Å². The number of anilines is 2. The van der Waals surface area contributed by atoms with Gasteiger partial charge in [0.2, 0.25) is 11.8 Å². The van der Waals surface area contributed by atoms with E-state index in [9.17, 15) is 14.9 Å². The molecule has 0 bridgehead atoms. The lowest BCUT2D eigenvalue weighted by atomic mass is 9.90. The Bertz CT molecular complexity index is 1440. The van der Waals surface area contributed by atoms with Crippen molar-refractivity contribution in [3.05, 3.63) is 88.4 Å². The minimum Gasteiger partial charge on any atom is -0.325 e. The fourth-order valence-corrected chi connectivity index (χ4v) is 4.92. The summed E-state index contributed by atoms with van der Waals surface area (Å²) in [5, 5.41) is 16.1. The summed E-state index contributed by atoms with van der Waals surface area (Å²) in [6.45, 7) is 3.77. The van der Waals surface area contributed by atoms with Gasteiger partial charge in [-0.1, -0.05) is 48.0 Å². The molecule has 38 heavy (non-hydrogen) atoms. The molecule has 1 fully saturated rings. The van der Waals surface area contributed by atoms with E-state index in [-0.39, 0.29) is 18.4 Å². The lowest BCUT2D eigenvalue weighted by molar-refractivity contribution is -0.118. The zero-order chi connectivity index (χ0) is 26.6. The molecule has 2 amide bonds. The SMILES string of the molecule is CN1CCN(CC(=O)Nc2ccc(N=C(c3ccccc3)C3C(=O)Nc4cc(Cl)ccc43)cc2C#N)CC1. The number of fused-ring (bicyclic) bond motifs is 1. The monoisotopic (exact) mass is 526 g/mol. The molecule has 8 nitrogen and oxygen atoms in total. The molecule has 9 heteroatoms. The van der Waals surface area contributed by atoms with E-state index in [0.29, 0.717) is 33.4 Å². The van der Waals surface area contributed by atoms with Gasteiger partial charge >= 0.3 is 0 Å². The average molecular weight is 527 g/mol. The van der Waals surface area contributed by atoms with Gasteiger partial charge in [0.1, 0.15) is 12.0 Å². The first-order chi connectivity index (χ1) is 18.4. The minimum atomic E-state index is -0.641. The average Bonchev–Trinajstić information content (AvgIpc) is 3.24. The first-order valence-corrected chi connectivity index (χ1v) is 12.8. The van der Waals surface area contributed by atoms with E-state index in [1.807, 2.05) is 36.4 Å². The molecule has 0 aromatic heterocycles. The molecule has 2 aliphatic rings. The topological polar surface area (TPSA) is 101 Å². The van der Waals surface area contributed by atoms with Gasteiger partial charge in [0.15, 0.2) is 0 Å². The summed E-state index contributed by atoms with van der Waals surface area (Å²) in [5.41, 5.74) is 4.03. The van der Waals surface area contributed by atoms with Crippen LogP contribution in [0.5, 0.6) is 0 Å². The number of hydrogen-bond acceptors (Lipinski definition) is 6. The number of halogens is 1. The second-order valence-electron chi connectivity index (χ2n) is 9.49. The maximum atomic E-state index is 13.1. The van der Waals surface area contributed by atoms with E-state index in [0.717, 1.165) is 37.3 Å². The van der Waals surface area contributed by atoms with Crippen LogP contribution in [0.4, 0.5) is 17.1 Å². The number of aliphatic imine (C=N–C) groups is 1. The van der Waals surface area contributed by atoms with Crippen molar-refractivity contribution in [2.75, 3.05) is 50.4 Å². The van der Waals surface area contributed by atoms with Gasteiger partial charge in [-0.25, -0.2) is 0 Å². The molecule has 3 aromatic rings. The maximum absolute atomic E-state index is 13.1. The maximum Gasteiger partial charge on any atom is 0.238 e. The van der Waals surface area contributed by atoms with Gasteiger partial charge in [-0.3, -0.25) is 19.5 Å². The van der Waals surface area contributed by atoms with Gasteiger partial charge < -0.3 is 15.5 Å². The van der Waals surface area contributed by atoms with Crippen LogP contribution < -0.4 is 10.6 Å². The third kappa shape index (κ3) is 5.60. The summed E-state index contributed by atoms with van der Waals surface area (Å²) >= 11 is 6.14. The standard InChI is InChI=1S/C29H27ClN6O2/c1-35-11-13-36(14-12-35)18-26(37)33-24-10-8-22(15-20(24)17-31)32-28(19-5-3-2-4-6-19)27-23-9-7-21(30)16-25(23)34-29(27)38/h2-10,15-16,27H,11-14,18H2,1H3,(H,33,37)(H,34,38). The zero-order valence-electron chi connectivity index (χ0n) is 20.9. The predicted molar refractivity (Wildman–Crippen MR) is 149 cm³/mol. The van der Waals surface area contributed by atoms with E-state index >= 15 is 0 Å². The Kier molecular flexibility index (Phi) is 7.52. The highest BCUT2D eigenvalue weighted by atomic mass is 35.5. The van der Waals surface area contributed by atoms with Gasteiger partial charge in [-0.05, 0) is 48.5 Å². The van der Waals surface area contributed by atoms with Gasteiger partial charge in [-0.2, -0.15) is 5.26 Å². The van der Waals surface area contributed by atoms with Crippen molar-refractivity contribution in [2.45, 2.75) is 5.92 Å². The molecular weight excluding hydrogens is 500 g/mol. The van der Waals surface area contributed by atoms with Crippen molar-refractivity contribution >= 4 is 46.2 Å². The summed E-state index contributed by atoms with van der Waals surface area (Å²) in [7, 11) is 2.07. The lowest BCUT2D eigenvalue weighted by Crippen LogP contribution is -2.47. The van der Waals surface area contributed by atoms with E-state index in [1.165, 1.54) is 0 Å². The van der Waals surface area contributed by atoms with Crippen LogP contribution in [0.2, 0.25) is 5.02 Å². The second kappa shape index (κ2) is 11.2. The first kappa shape index (κ1) is 25.6. The second-order valence-corrected chi connectivity index (χ2v) is 9.92. The Hall–Kier alpha value is -4.03. The number of carbonyl (C=O) groups is 2. The zero-order valence-corrected chi connectivity index (χ0v) is 21.7. The van der Waals surface area contributed by atoms with Crippen LogP contribution in [-0.4, -0.2) is 67.1 Å². The number of rotatable bonds is 6. The third-order valence-corrected chi connectivity index (χ3v) is 7.03. The van der Waals surface area contributed by atoms with Gasteiger partial charge in [-0.15, -0.1) is 0 Å². The molecule has 2 aliphatic heterocycles. The highest BCUT2D eigenvalue weighted by Crippen LogP contribution is 2.38. The fourth-order valence-electron chi connectivity index (χ4n) is 4.75. The number of carbonyl (C=O) groups excluding carboxylic acids is 2. The van der Waals surface area contributed by atoms with Crippen molar-refractivity contribution in [3.63, 3.8) is 0 Å². The Morgan fingerprint density at radius 3 is 2.61 bits per heavy atom. The normalized spacial score (nSPS) is 18.0. The van der Waals surface area contributed by atoms with E-state index in [1.54, 1.807) is 30.3 Å². The summed E-state index contributed by atoms with van der Waals surface area (Å²) in [5.74, 6) is -0.999. The number of nitriles is 1. The van der Waals surface area contributed by atoms with Crippen LogP contribution in [0.1, 0.15) is 22.6 Å². The summed E-state index contributed by atoms with van der Waals surface area (Å²) in [6.07, 6.45) is 0. The molecule has 0 aliphatic carbocycles. The molecule has 1 saturated heterocycles. The molecular formula is C29H27ClN6O2. The number of benzene rings is 3. The minimum absolute atomic E-state index is 0.162. The van der Waals surface area contributed by atoms with E-state index < -0.39 is 5.92 Å². The molecule has 2 heterocycles. The highest BCUT2D eigenvalue weighted by molar-refractivity contribution is 6.31. The Balaban J connectivity index is 1.44. The van der Waals surface area contributed by atoms with E-state index in [4.69, 9.17) is 16.6 Å². The van der Waals surface area contributed by atoms with Crippen LogP contribution in [0.25, 0.3) is 0 Å². The number of amides is 2. The molecule has 0 spiro atoms. The predicted octanol–water partition coefficient (Wildman–Crippen LogP) is 4.25. The Labute approximate surface area is 226 Å². The highest BCUT2D eigenvalue weighted by Gasteiger charge is 2.35. The number of likely N-dealkylation sites (N-methyl/N-ethyl adjacent to an activating group) is 1. The quantitative estimate of drug-likeness (QED) is 0.467. The molecule has 3 aromatic carbocycles. The number of hydrogen-bond donors (Lipinski definition) is 2. The van der Waals surface area contributed by atoms with Crippen molar-refractivity contribution in [1.82, 2.24) is 9.80 Å². The summed E-state index contributed by atoms with van der Waals surface area (Å²) in [6, 6.07) is 22.0. The number of nitrogens with one attached hydrogen (secondary N) is 2. The summed E-state index contributed by atoms with van der Waals surface area (Å²) < 4.78 is 0. The first-order valence-electron chi connectivity index (χ1n) is 12.4. The largest absolute Gasteiger partial charge is 0.325 e. The molecule has 0 saturated carbocycles. The summed E-state index contributed by atoms with van der Waals surface area (Å²) in [4.78, 5) is 34.9. The van der Waals surface area contributed by atoms with Crippen LogP contribution in [-0.2, 0) is 9.59 Å². The lowest BCUT2D eigenvalue weighted by Gasteiger charge is -2.31. The van der Waals surface area contributed by atoms with E-state index in [2.05, 4.69) is 33.6 Å².